The lowest BCUT2D eigenvalue weighted by atomic mass is 10.0. The van der Waals surface area contributed by atoms with Crippen LogP contribution in [-0.4, -0.2) is 38.1 Å². The van der Waals surface area contributed by atoms with Gasteiger partial charge in [-0.15, -0.1) is 0 Å². The summed E-state index contributed by atoms with van der Waals surface area (Å²) in [6, 6.07) is 9.19. The van der Waals surface area contributed by atoms with Crippen molar-refractivity contribution < 1.29 is 0 Å². The van der Waals surface area contributed by atoms with E-state index in [9.17, 15) is 0 Å². The summed E-state index contributed by atoms with van der Waals surface area (Å²) in [6.07, 6.45) is 1.11. The van der Waals surface area contributed by atoms with E-state index in [0.29, 0.717) is 6.04 Å². The first kappa shape index (κ1) is 13.2. The molecule has 1 atom stereocenters. The minimum Gasteiger partial charge on any atom is -0.313 e. The topological polar surface area (TPSA) is 15.3 Å². The van der Waals surface area contributed by atoms with Gasteiger partial charge in [-0.25, -0.2) is 0 Å². The molecule has 0 saturated carbocycles. The summed E-state index contributed by atoms with van der Waals surface area (Å²) < 4.78 is 0. The van der Waals surface area contributed by atoms with Gasteiger partial charge < -0.3 is 10.2 Å². The molecular weight excluding hydrogens is 196 g/mol. The smallest absolute Gasteiger partial charge is 0.0235 e. The Bertz CT molecular complexity index is 307. The lowest BCUT2D eigenvalue weighted by Crippen LogP contribution is -2.39. The standard InChI is InChI=1S/C14H24N2/c1-5-15-14(11-16(3)4)10-13-9-7-6-8-12(13)2/h6-9,14-15H,5,10-11H2,1-4H3. The van der Waals surface area contributed by atoms with E-state index < -0.39 is 0 Å². The quantitative estimate of drug-likeness (QED) is 0.789. The highest BCUT2D eigenvalue weighted by Crippen LogP contribution is 2.10. The van der Waals surface area contributed by atoms with E-state index in [-0.39, 0.29) is 0 Å². The highest BCUT2D eigenvalue weighted by Gasteiger charge is 2.10. The van der Waals surface area contributed by atoms with Crippen LogP contribution < -0.4 is 5.32 Å². The zero-order valence-corrected chi connectivity index (χ0v) is 11.0. The van der Waals surface area contributed by atoms with Crippen molar-refractivity contribution in [3.05, 3.63) is 35.4 Å². The number of benzene rings is 1. The molecule has 0 aliphatic heterocycles. The predicted octanol–water partition coefficient (Wildman–Crippen LogP) is 2.08. The minimum atomic E-state index is 0.543. The van der Waals surface area contributed by atoms with E-state index in [0.717, 1.165) is 19.5 Å². The Morgan fingerprint density at radius 3 is 2.50 bits per heavy atom. The van der Waals surface area contributed by atoms with Crippen LogP contribution in [0.2, 0.25) is 0 Å². The summed E-state index contributed by atoms with van der Waals surface area (Å²) in [5.41, 5.74) is 2.85. The third-order valence-corrected chi connectivity index (χ3v) is 2.81. The zero-order valence-electron chi connectivity index (χ0n) is 11.0. The molecule has 0 aromatic heterocycles. The van der Waals surface area contributed by atoms with Crippen molar-refractivity contribution in [2.75, 3.05) is 27.2 Å². The molecule has 1 unspecified atom stereocenters. The van der Waals surface area contributed by atoms with Crippen LogP contribution in [0.5, 0.6) is 0 Å². The lowest BCUT2D eigenvalue weighted by molar-refractivity contribution is 0.339. The van der Waals surface area contributed by atoms with Gasteiger partial charge in [0.05, 0.1) is 0 Å². The molecule has 1 N–H and O–H groups in total. The largest absolute Gasteiger partial charge is 0.313 e. The van der Waals surface area contributed by atoms with Gasteiger partial charge in [-0.2, -0.15) is 0 Å². The van der Waals surface area contributed by atoms with Crippen molar-refractivity contribution in [2.45, 2.75) is 26.3 Å². The maximum Gasteiger partial charge on any atom is 0.0235 e. The van der Waals surface area contributed by atoms with E-state index in [1.54, 1.807) is 0 Å². The molecule has 2 nitrogen and oxygen atoms in total. The molecule has 0 heterocycles. The molecular formula is C14H24N2. The molecule has 0 bridgehead atoms. The second-order valence-corrected chi connectivity index (χ2v) is 4.65. The average molecular weight is 220 g/mol. The van der Waals surface area contributed by atoms with Crippen LogP contribution in [0.3, 0.4) is 0 Å². The van der Waals surface area contributed by atoms with E-state index in [1.807, 2.05) is 0 Å². The van der Waals surface area contributed by atoms with Crippen molar-refractivity contribution in [3.8, 4) is 0 Å². The number of aryl methyl sites for hydroxylation is 1. The van der Waals surface area contributed by atoms with Gasteiger partial charge in [-0.05, 0) is 45.1 Å². The Morgan fingerprint density at radius 2 is 1.94 bits per heavy atom. The van der Waals surface area contributed by atoms with E-state index in [2.05, 4.69) is 62.4 Å². The fraction of sp³-hybridized carbons (Fsp3) is 0.571. The fourth-order valence-electron chi connectivity index (χ4n) is 2.04. The third kappa shape index (κ3) is 4.33. The monoisotopic (exact) mass is 220 g/mol. The van der Waals surface area contributed by atoms with Crippen molar-refractivity contribution >= 4 is 0 Å². The van der Waals surface area contributed by atoms with Crippen molar-refractivity contribution in [1.29, 1.82) is 0 Å². The molecule has 1 aromatic carbocycles. The maximum atomic E-state index is 3.55. The fourth-order valence-corrected chi connectivity index (χ4v) is 2.04. The number of hydrogen-bond donors (Lipinski definition) is 1. The Morgan fingerprint density at radius 1 is 1.25 bits per heavy atom. The highest BCUT2D eigenvalue weighted by molar-refractivity contribution is 5.26. The first-order valence-corrected chi connectivity index (χ1v) is 6.06. The van der Waals surface area contributed by atoms with Gasteiger partial charge >= 0.3 is 0 Å². The predicted molar refractivity (Wildman–Crippen MR) is 70.9 cm³/mol. The van der Waals surface area contributed by atoms with E-state index in [1.165, 1.54) is 11.1 Å². The normalized spacial score (nSPS) is 13.1. The summed E-state index contributed by atoms with van der Waals surface area (Å²) >= 11 is 0. The highest BCUT2D eigenvalue weighted by atomic mass is 15.1. The van der Waals surface area contributed by atoms with Gasteiger partial charge in [-0.3, -0.25) is 0 Å². The van der Waals surface area contributed by atoms with Gasteiger partial charge in [0.15, 0.2) is 0 Å². The molecule has 0 amide bonds. The van der Waals surface area contributed by atoms with Gasteiger partial charge in [0.2, 0.25) is 0 Å². The number of likely N-dealkylation sites (N-methyl/N-ethyl adjacent to an activating group) is 2. The molecule has 2 heteroatoms. The maximum absolute atomic E-state index is 3.55. The average Bonchev–Trinajstić information content (AvgIpc) is 2.21. The van der Waals surface area contributed by atoms with Crippen molar-refractivity contribution in [2.24, 2.45) is 0 Å². The molecule has 0 aliphatic carbocycles. The van der Waals surface area contributed by atoms with E-state index >= 15 is 0 Å². The zero-order chi connectivity index (χ0) is 12.0. The first-order chi connectivity index (χ1) is 7.63. The molecule has 0 spiro atoms. The summed E-state index contributed by atoms with van der Waals surface area (Å²) in [5.74, 6) is 0. The van der Waals surface area contributed by atoms with Crippen LogP contribution in [0.4, 0.5) is 0 Å². The second kappa shape index (κ2) is 6.66. The number of rotatable bonds is 6. The number of nitrogens with one attached hydrogen (secondary N) is 1. The van der Waals surface area contributed by atoms with Crippen LogP contribution in [-0.2, 0) is 6.42 Å². The molecule has 0 radical (unpaired) electrons. The minimum absolute atomic E-state index is 0.543. The van der Waals surface area contributed by atoms with Crippen LogP contribution in [0.1, 0.15) is 18.1 Å². The molecule has 16 heavy (non-hydrogen) atoms. The lowest BCUT2D eigenvalue weighted by Gasteiger charge is -2.22. The van der Waals surface area contributed by atoms with Crippen LogP contribution in [0.15, 0.2) is 24.3 Å². The molecule has 1 aromatic rings. The van der Waals surface area contributed by atoms with Crippen LogP contribution in [0, 0.1) is 6.92 Å². The van der Waals surface area contributed by atoms with Gasteiger partial charge in [-0.1, -0.05) is 31.2 Å². The number of hydrogen-bond acceptors (Lipinski definition) is 2. The summed E-state index contributed by atoms with van der Waals surface area (Å²) in [5, 5.41) is 3.55. The summed E-state index contributed by atoms with van der Waals surface area (Å²) in [4.78, 5) is 2.24. The molecule has 0 fully saturated rings. The molecule has 1 rings (SSSR count). The molecule has 0 aliphatic rings. The number of nitrogens with zero attached hydrogens (tertiary/aromatic N) is 1. The molecule has 90 valence electrons. The molecule has 0 saturated heterocycles. The van der Waals surface area contributed by atoms with Crippen LogP contribution >= 0.6 is 0 Å². The van der Waals surface area contributed by atoms with Crippen molar-refractivity contribution in [1.82, 2.24) is 10.2 Å². The second-order valence-electron chi connectivity index (χ2n) is 4.65. The van der Waals surface area contributed by atoms with E-state index in [4.69, 9.17) is 0 Å². The Labute approximate surface area is 99.7 Å². The Balaban J connectivity index is 2.64. The van der Waals surface area contributed by atoms with Gasteiger partial charge in [0.25, 0.3) is 0 Å². The SMILES string of the molecule is CCNC(Cc1ccccc1C)CN(C)C. The third-order valence-electron chi connectivity index (χ3n) is 2.81. The van der Waals surface area contributed by atoms with Crippen LogP contribution in [0.25, 0.3) is 0 Å². The van der Waals surface area contributed by atoms with Gasteiger partial charge in [0.1, 0.15) is 0 Å². The Hall–Kier alpha value is -0.860. The van der Waals surface area contributed by atoms with Gasteiger partial charge in [0, 0.05) is 12.6 Å². The van der Waals surface area contributed by atoms with Crippen molar-refractivity contribution in [3.63, 3.8) is 0 Å². The Kier molecular flexibility index (Phi) is 5.50. The summed E-state index contributed by atoms with van der Waals surface area (Å²) in [6.45, 7) is 6.47. The first-order valence-electron chi connectivity index (χ1n) is 6.06. The summed E-state index contributed by atoms with van der Waals surface area (Å²) in [7, 11) is 4.25.